The van der Waals surface area contributed by atoms with Crippen LogP contribution in [-0.2, 0) is 11.2 Å². The van der Waals surface area contributed by atoms with Crippen LogP contribution in [0.15, 0.2) is 24.3 Å². The van der Waals surface area contributed by atoms with Crippen molar-refractivity contribution in [2.75, 3.05) is 0 Å². The molecule has 1 aromatic rings. The smallest absolute Gasteiger partial charge is 0.404 e. The first-order valence-corrected chi connectivity index (χ1v) is 6.20. The summed E-state index contributed by atoms with van der Waals surface area (Å²) in [5, 5.41) is 20.4. The second kappa shape index (κ2) is 7.34. The maximum atomic E-state index is 11.4. The molecule has 0 spiro atoms. The number of benzene rings is 1. The number of hydrazine groups is 1. The van der Waals surface area contributed by atoms with E-state index < -0.39 is 18.1 Å². The third-order valence-corrected chi connectivity index (χ3v) is 2.97. The predicted octanol–water partition coefficient (Wildman–Crippen LogP) is 0.587. The lowest BCUT2D eigenvalue weighted by molar-refractivity contribution is -0.124. The van der Waals surface area contributed by atoms with Gasteiger partial charge in [-0.3, -0.25) is 10.2 Å². The molecule has 0 radical (unpaired) electrons. The molecule has 7 heteroatoms. The average molecular weight is 281 g/mol. The molecule has 7 nitrogen and oxygen atoms in total. The van der Waals surface area contributed by atoms with Gasteiger partial charge in [-0.15, -0.1) is 0 Å². The molecule has 0 aliphatic heterocycles. The van der Waals surface area contributed by atoms with E-state index in [4.69, 9.17) is 10.9 Å². The van der Waals surface area contributed by atoms with Gasteiger partial charge in [-0.2, -0.15) is 0 Å². The summed E-state index contributed by atoms with van der Waals surface area (Å²) in [4.78, 5) is 22.2. The lowest BCUT2D eigenvalue weighted by atomic mass is 9.95. The van der Waals surface area contributed by atoms with Crippen LogP contribution < -0.4 is 16.6 Å². The molecule has 110 valence electrons. The van der Waals surface area contributed by atoms with Crippen LogP contribution in [0.1, 0.15) is 18.9 Å². The Morgan fingerprint density at radius 2 is 1.90 bits per heavy atom. The fourth-order valence-corrected chi connectivity index (χ4v) is 1.96. The molecule has 0 heterocycles. The number of nitrogens with two attached hydrogens (primary N) is 1. The molecule has 0 fully saturated rings. The first kappa shape index (κ1) is 15.8. The highest BCUT2D eigenvalue weighted by atomic mass is 16.4. The summed E-state index contributed by atoms with van der Waals surface area (Å²) < 4.78 is 0. The largest absolute Gasteiger partial charge is 0.508 e. The van der Waals surface area contributed by atoms with Crippen LogP contribution in [0.2, 0.25) is 0 Å². The number of aromatic hydroxyl groups is 1. The Hall–Kier alpha value is -2.28. The fourth-order valence-electron chi connectivity index (χ4n) is 1.96. The Morgan fingerprint density at radius 1 is 1.30 bits per heavy atom. The van der Waals surface area contributed by atoms with Crippen molar-refractivity contribution in [1.82, 2.24) is 10.7 Å². The van der Waals surface area contributed by atoms with Crippen LogP contribution in [-0.4, -0.2) is 28.3 Å². The van der Waals surface area contributed by atoms with Gasteiger partial charge in [0.15, 0.2) is 0 Å². The van der Waals surface area contributed by atoms with E-state index in [2.05, 4.69) is 5.32 Å². The van der Waals surface area contributed by atoms with Gasteiger partial charge in [-0.05, 0) is 30.5 Å². The van der Waals surface area contributed by atoms with E-state index in [0.717, 1.165) is 5.56 Å². The number of hydrogen-bond donors (Lipinski definition) is 5. The highest BCUT2D eigenvalue weighted by Crippen LogP contribution is 2.15. The molecule has 0 saturated heterocycles. The molecule has 0 saturated carbocycles. The van der Waals surface area contributed by atoms with Crippen molar-refractivity contribution in [2.45, 2.75) is 25.8 Å². The number of carbonyl (C=O) groups excluding carboxylic acids is 1. The predicted molar refractivity (Wildman–Crippen MR) is 72.9 cm³/mol. The van der Waals surface area contributed by atoms with E-state index in [0.29, 0.717) is 12.8 Å². The number of amides is 2. The lowest BCUT2D eigenvalue weighted by Crippen LogP contribution is -2.41. The molecule has 0 bridgehead atoms. The molecular weight excluding hydrogens is 262 g/mol. The Labute approximate surface area is 116 Å². The van der Waals surface area contributed by atoms with Crippen LogP contribution in [0.3, 0.4) is 0 Å². The van der Waals surface area contributed by atoms with Gasteiger partial charge < -0.3 is 15.5 Å². The summed E-state index contributed by atoms with van der Waals surface area (Å²) in [7, 11) is 0. The lowest BCUT2D eigenvalue weighted by Gasteiger charge is -2.20. The zero-order chi connectivity index (χ0) is 15.1. The topological polar surface area (TPSA) is 125 Å². The van der Waals surface area contributed by atoms with Crippen molar-refractivity contribution in [3.8, 4) is 5.75 Å². The van der Waals surface area contributed by atoms with Gasteiger partial charge in [0.25, 0.3) is 0 Å². The zero-order valence-corrected chi connectivity index (χ0v) is 11.2. The summed E-state index contributed by atoms with van der Waals surface area (Å²) in [5.41, 5.74) is 2.91. The first-order valence-electron chi connectivity index (χ1n) is 6.20. The molecule has 0 aliphatic carbocycles. The molecular formula is C13H19N3O4. The van der Waals surface area contributed by atoms with E-state index in [9.17, 15) is 14.7 Å². The van der Waals surface area contributed by atoms with Crippen molar-refractivity contribution in [1.29, 1.82) is 0 Å². The third kappa shape index (κ3) is 5.15. The number of carboxylic acid groups (broad SMARTS) is 1. The molecule has 0 aromatic heterocycles. The van der Waals surface area contributed by atoms with Gasteiger partial charge in [-0.1, -0.05) is 19.1 Å². The fraction of sp³-hybridized carbons (Fsp3) is 0.385. The highest BCUT2D eigenvalue weighted by molar-refractivity contribution is 5.77. The standard InChI is InChI=1S/C13H19N3O4/c1-8(12(18)16-14)6-10(15-13(19)20)7-9-2-4-11(17)5-3-9/h2-5,8,10,15,17H,6-7,14H2,1H3,(H,16,18)(H,19,20)/t8-,10+/m0/s1. The number of phenolic OH excluding ortho intramolecular Hbond substituents is 1. The second-order valence-corrected chi connectivity index (χ2v) is 4.66. The van der Waals surface area contributed by atoms with E-state index in [1.54, 1.807) is 19.1 Å². The average Bonchev–Trinajstić information content (AvgIpc) is 2.39. The Kier molecular flexibility index (Phi) is 5.79. The maximum absolute atomic E-state index is 11.4. The van der Waals surface area contributed by atoms with Crippen LogP contribution >= 0.6 is 0 Å². The Morgan fingerprint density at radius 3 is 2.40 bits per heavy atom. The minimum absolute atomic E-state index is 0.146. The number of carbonyl (C=O) groups is 2. The maximum Gasteiger partial charge on any atom is 0.404 e. The molecule has 0 unspecified atom stereocenters. The summed E-state index contributed by atoms with van der Waals surface area (Å²) in [5.74, 6) is 4.45. The van der Waals surface area contributed by atoms with E-state index in [1.165, 1.54) is 12.1 Å². The van der Waals surface area contributed by atoms with Gasteiger partial charge in [0.1, 0.15) is 5.75 Å². The minimum Gasteiger partial charge on any atom is -0.508 e. The summed E-state index contributed by atoms with van der Waals surface area (Å²) in [6.07, 6.45) is -0.389. The van der Waals surface area contributed by atoms with Crippen LogP contribution in [0.4, 0.5) is 4.79 Å². The molecule has 6 N–H and O–H groups in total. The van der Waals surface area contributed by atoms with Crippen LogP contribution in [0, 0.1) is 5.92 Å². The van der Waals surface area contributed by atoms with Crippen LogP contribution in [0.25, 0.3) is 0 Å². The number of nitrogens with one attached hydrogen (secondary N) is 2. The molecule has 20 heavy (non-hydrogen) atoms. The molecule has 1 rings (SSSR count). The van der Waals surface area contributed by atoms with E-state index >= 15 is 0 Å². The van der Waals surface area contributed by atoms with E-state index in [1.807, 2.05) is 5.43 Å². The quantitative estimate of drug-likeness (QED) is 0.296. The van der Waals surface area contributed by atoms with Crippen molar-refractivity contribution in [3.05, 3.63) is 29.8 Å². The van der Waals surface area contributed by atoms with Crippen molar-refractivity contribution >= 4 is 12.0 Å². The first-order chi connectivity index (χ1) is 9.42. The zero-order valence-electron chi connectivity index (χ0n) is 11.2. The Bertz CT molecular complexity index is 461. The Balaban J connectivity index is 2.71. The third-order valence-electron chi connectivity index (χ3n) is 2.97. The minimum atomic E-state index is -1.14. The second-order valence-electron chi connectivity index (χ2n) is 4.66. The number of phenols is 1. The van der Waals surface area contributed by atoms with Crippen LogP contribution in [0.5, 0.6) is 5.75 Å². The van der Waals surface area contributed by atoms with E-state index in [-0.39, 0.29) is 11.7 Å². The summed E-state index contributed by atoms with van der Waals surface area (Å²) in [6, 6.07) is 6.06. The van der Waals surface area contributed by atoms with Crippen molar-refractivity contribution in [3.63, 3.8) is 0 Å². The van der Waals surface area contributed by atoms with Gasteiger partial charge in [-0.25, -0.2) is 10.6 Å². The van der Waals surface area contributed by atoms with Crippen molar-refractivity contribution < 1.29 is 19.8 Å². The van der Waals surface area contributed by atoms with Crippen molar-refractivity contribution in [2.24, 2.45) is 11.8 Å². The summed E-state index contributed by atoms with van der Waals surface area (Å²) in [6.45, 7) is 1.68. The molecule has 0 aliphatic rings. The molecule has 1 aromatic carbocycles. The number of hydrogen-bond acceptors (Lipinski definition) is 4. The van der Waals surface area contributed by atoms with Gasteiger partial charge in [0, 0.05) is 12.0 Å². The normalized spacial score (nSPS) is 13.3. The summed E-state index contributed by atoms with van der Waals surface area (Å²) >= 11 is 0. The van der Waals surface area contributed by atoms with Gasteiger partial charge >= 0.3 is 6.09 Å². The highest BCUT2D eigenvalue weighted by Gasteiger charge is 2.20. The molecule has 2 amide bonds. The van der Waals surface area contributed by atoms with Gasteiger partial charge in [0.05, 0.1) is 0 Å². The SMILES string of the molecule is C[C@@H](C[C@H](Cc1ccc(O)cc1)NC(=O)O)C(=O)NN. The molecule has 2 atom stereocenters. The number of rotatable bonds is 6. The van der Waals surface area contributed by atoms with Gasteiger partial charge in [0.2, 0.25) is 5.91 Å². The monoisotopic (exact) mass is 281 g/mol.